The van der Waals surface area contributed by atoms with Crippen LogP contribution in [-0.4, -0.2) is 27.9 Å². The Morgan fingerprint density at radius 2 is 2.06 bits per heavy atom. The summed E-state index contributed by atoms with van der Waals surface area (Å²) in [6.07, 6.45) is 5.87. The molecule has 1 saturated heterocycles. The van der Waals surface area contributed by atoms with Crippen LogP contribution in [0.25, 0.3) is 0 Å². The highest BCUT2D eigenvalue weighted by atomic mass is 15.3. The van der Waals surface area contributed by atoms with E-state index in [1.807, 2.05) is 0 Å². The van der Waals surface area contributed by atoms with E-state index in [0.29, 0.717) is 5.92 Å². The van der Waals surface area contributed by atoms with Crippen LogP contribution in [0.2, 0.25) is 0 Å². The van der Waals surface area contributed by atoms with Crippen LogP contribution in [0.5, 0.6) is 0 Å². The van der Waals surface area contributed by atoms with Crippen LogP contribution in [0, 0.1) is 0 Å². The largest absolute Gasteiger partial charge is 0.318 e. The van der Waals surface area contributed by atoms with E-state index in [0.717, 1.165) is 25.3 Å². The van der Waals surface area contributed by atoms with Crippen LogP contribution in [-0.2, 0) is 13.5 Å². The third kappa shape index (κ3) is 2.43. The Bertz CT molecular complexity index is 326. The number of piperidine rings is 1. The highest BCUT2D eigenvalue weighted by Gasteiger charge is 2.21. The summed E-state index contributed by atoms with van der Waals surface area (Å²) in [7, 11) is 2.11. The first-order valence-corrected chi connectivity index (χ1v) is 6.41. The number of hydrogen-bond acceptors (Lipinski definition) is 3. The van der Waals surface area contributed by atoms with Gasteiger partial charge in [-0.05, 0) is 32.4 Å². The van der Waals surface area contributed by atoms with Crippen molar-refractivity contribution in [1.82, 2.24) is 20.1 Å². The number of nitrogens with zero attached hydrogens (tertiary/aromatic N) is 3. The normalized spacial score (nSPS) is 17.9. The number of nitrogens with one attached hydrogen (secondary N) is 1. The smallest absolute Gasteiger partial charge is 0.135 e. The van der Waals surface area contributed by atoms with Gasteiger partial charge in [-0.1, -0.05) is 13.3 Å². The lowest BCUT2D eigenvalue weighted by molar-refractivity contribution is 0.435. The number of unbranched alkanes of at least 4 members (excludes halogenated alkanes) is 1. The van der Waals surface area contributed by atoms with E-state index >= 15 is 0 Å². The van der Waals surface area contributed by atoms with E-state index in [4.69, 9.17) is 0 Å². The molecule has 0 atom stereocenters. The summed E-state index contributed by atoms with van der Waals surface area (Å²) in [6, 6.07) is 0. The molecular formula is C12H22N4. The number of rotatable bonds is 4. The van der Waals surface area contributed by atoms with Crippen LogP contribution in [0.15, 0.2) is 0 Å². The van der Waals surface area contributed by atoms with Gasteiger partial charge in [-0.15, -0.1) is 10.2 Å². The Kier molecular flexibility index (Phi) is 3.93. The monoisotopic (exact) mass is 222 g/mol. The summed E-state index contributed by atoms with van der Waals surface area (Å²) in [6.45, 7) is 4.44. The molecule has 16 heavy (non-hydrogen) atoms. The molecule has 1 aromatic heterocycles. The highest BCUT2D eigenvalue weighted by Crippen LogP contribution is 2.23. The Morgan fingerprint density at radius 3 is 2.75 bits per heavy atom. The molecule has 0 bridgehead atoms. The maximum absolute atomic E-state index is 4.38. The van der Waals surface area contributed by atoms with Crippen molar-refractivity contribution in [2.24, 2.45) is 7.05 Å². The van der Waals surface area contributed by atoms with Crippen molar-refractivity contribution in [1.29, 1.82) is 0 Å². The number of hydrogen-bond donors (Lipinski definition) is 1. The fraction of sp³-hybridized carbons (Fsp3) is 0.833. The maximum Gasteiger partial charge on any atom is 0.135 e. The molecule has 0 spiro atoms. The van der Waals surface area contributed by atoms with Crippen molar-refractivity contribution in [3.8, 4) is 0 Å². The Balaban J connectivity index is 2.06. The van der Waals surface area contributed by atoms with Gasteiger partial charge in [0.2, 0.25) is 0 Å². The van der Waals surface area contributed by atoms with Crippen LogP contribution < -0.4 is 5.32 Å². The quantitative estimate of drug-likeness (QED) is 0.842. The molecular weight excluding hydrogens is 200 g/mol. The average molecular weight is 222 g/mol. The lowest BCUT2D eigenvalue weighted by Crippen LogP contribution is -2.28. The van der Waals surface area contributed by atoms with Gasteiger partial charge in [-0.2, -0.15) is 0 Å². The van der Waals surface area contributed by atoms with Crippen molar-refractivity contribution < 1.29 is 0 Å². The van der Waals surface area contributed by atoms with Gasteiger partial charge < -0.3 is 9.88 Å². The van der Waals surface area contributed by atoms with Gasteiger partial charge in [0.05, 0.1) is 0 Å². The average Bonchev–Trinajstić information content (AvgIpc) is 2.69. The molecule has 2 rings (SSSR count). The second-order valence-electron chi connectivity index (χ2n) is 4.66. The van der Waals surface area contributed by atoms with Gasteiger partial charge in [0.1, 0.15) is 11.6 Å². The first kappa shape index (κ1) is 11.6. The van der Waals surface area contributed by atoms with Crippen molar-refractivity contribution in [3.05, 3.63) is 11.6 Å². The number of aromatic nitrogens is 3. The third-order valence-corrected chi connectivity index (χ3v) is 3.46. The molecule has 0 unspecified atom stereocenters. The van der Waals surface area contributed by atoms with E-state index in [2.05, 4.69) is 34.1 Å². The van der Waals surface area contributed by atoms with E-state index in [-0.39, 0.29) is 0 Å². The van der Waals surface area contributed by atoms with Crippen molar-refractivity contribution >= 4 is 0 Å². The SMILES string of the molecule is CCCCc1nnc(C2CCNCC2)n1C. The van der Waals surface area contributed by atoms with Gasteiger partial charge in [0, 0.05) is 19.4 Å². The first-order valence-electron chi connectivity index (χ1n) is 6.41. The van der Waals surface area contributed by atoms with Crippen molar-refractivity contribution in [3.63, 3.8) is 0 Å². The van der Waals surface area contributed by atoms with Gasteiger partial charge in [-0.25, -0.2) is 0 Å². The molecule has 1 aliphatic heterocycles. The molecule has 1 aromatic rings. The lowest BCUT2D eigenvalue weighted by atomic mass is 9.97. The third-order valence-electron chi connectivity index (χ3n) is 3.46. The minimum Gasteiger partial charge on any atom is -0.318 e. The second-order valence-corrected chi connectivity index (χ2v) is 4.66. The van der Waals surface area contributed by atoms with Gasteiger partial charge in [0.25, 0.3) is 0 Å². The van der Waals surface area contributed by atoms with E-state index in [1.54, 1.807) is 0 Å². The Hall–Kier alpha value is -0.900. The molecule has 2 heterocycles. The molecule has 0 saturated carbocycles. The molecule has 0 radical (unpaired) electrons. The molecule has 1 N–H and O–H groups in total. The van der Waals surface area contributed by atoms with Gasteiger partial charge >= 0.3 is 0 Å². The maximum atomic E-state index is 4.38. The van der Waals surface area contributed by atoms with Crippen LogP contribution in [0.4, 0.5) is 0 Å². The molecule has 1 aliphatic rings. The highest BCUT2D eigenvalue weighted by molar-refractivity contribution is 5.03. The van der Waals surface area contributed by atoms with E-state index < -0.39 is 0 Å². The van der Waals surface area contributed by atoms with E-state index in [9.17, 15) is 0 Å². The fourth-order valence-corrected chi connectivity index (χ4v) is 2.36. The summed E-state index contributed by atoms with van der Waals surface area (Å²) >= 11 is 0. The van der Waals surface area contributed by atoms with E-state index in [1.165, 1.54) is 31.5 Å². The van der Waals surface area contributed by atoms with Crippen molar-refractivity contribution in [2.45, 2.75) is 44.9 Å². The second kappa shape index (κ2) is 5.43. The predicted octanol–water partition coefficient (Wildman–Crippen LogP) is 1.62. The standard InChI is InChI=1S/C12H22N4/c1-3-4-5-11-14-15-12(16(11)2)10-6-8-13-9-7-10/h10,13H,3-9H2,1-2H3. The minimum absolute atomic E-state index is 0.606. The Morgan fingerprint density at radius 1 is 1.31 bits per heavy atom. The summed E-state index contributed by atoms with van der Waals surface area (Å²) < 4.78 is 2.21. The fourth-order valence-electron chi connectivity index (χ4n) is 2.36. The topological polar surface area (TPSA) is 42.7 Å². The zero-order valence-electron chi connectivity index (χ0n) is 10.4. The molecule has 0 amide bonds. The molecule has 4 nitrogen and oxygen atoms in total. The minimum atomic E-state index is 0.606. The summed E-state index contributed by atoms with van der Waals surface area (Å²) in [5, 5.41) is 12.1. The van der Waals surface area contributed by atoms with Crippen LogP contribution in [0.3, 0.4) is 0 Å². The van der Waals surface area contributed by atoms with Crippen LogP contribution >= 0.6 is 0 Å². The number of aryl methyl sites for hydroxylation is 1. The van der Waals surface area contributed by atoms with Crippen molar-refractivity contribution in [2.75, 3.05) is 13.1 Å². The lowest BCUT2D eigenvalue weighted by Gasteiger charge is -2.21. The predicted molar refractivity (Wildman–Crippen MR) is 64.5 cm³/mol. The first-order chi connectivity index (χ1) is 7.83. The summed E-state index contributed by atoms with van der Waals surface area (Å²) in [5.41, 5.74) is 0. The van der Waals surface area contributed by atoms with Gasteiger partial charge in [-0.3, -0.25) is 0 Å². The summed E-state index contributed by atoms with van der Waals surface area (Å²) in [5.74, 6) is 2.94. The zero-order chi connectivity index (χ0) is 11.4. The molecule has 4 heteroatoms. The van der Waals surface area contributed by atoms with Crippen LogP contribution in [0.1, 0.15) is 50.2 Å². The Labute approximate surface area is 97.5 Å². The molecule has 0 aliphatic carbocycles. The zero-order valence-corrected chi connectivity index (χ0v) is 10.4. The summed E-state index contributed by atoms with van der Waals surface area (Å²) in [4.78, 5) is 0. The molecule has 90 valence electrons. The molecule has 1 fully saturated rings. The molecule has 0 aromatic carbocycles. The van der Waals surface area contributed by atoms with Gasteiger partial charge in [0.15, 0.2) is 0 Å².